The van der Waals surface area contributed by atoms with Gasteiger partial charge in [-0.2, -0.15) is 0 Å². The van der Waals surface area contributed by atoms with E-state index in [0.717, 1.165) is 13.1 Å². The summed E-state index contributed by atoms with van der Waals surface area (Å²) in [5.74, 6) is -0.842. The summed E-state index contributed by atoms with van der Waals surface area (Å²) in [4.78, 5) is 26.9. The average Bonchev–Trinajstić information content (AvgIpc) is 2.67. The lowest BCUT2D eigenvalue weighted by Gasteiger charge is -2.35. The highest BCUT2D eigenvalue weighted by Gasteiger charge is 2.30. The molecule has 0 spiro atoms. The molecule has 2 aromatic rings. The fraction of sp³-hybridized carbons (Fsp3) is 0.333. The second-order valence-electron chi connectivity index (χ2n) is 6.78. The van der Waals surface area contributed by atoms with Gasteiger partial charge in [-0.3, -0.25) is 14.5 Å². The van der Waals surface area contributed by atoms with Crippen molar-refractivity contribution in [2.45, 2.75) is 32.9 Å². The van der Waals surface area contributed by atoms with Gasteiger partial charge in [0.25, 0.3) is 0 Å². The molecule has 0 saturated carbocycles. The highest BCUT2D eigenvalue weighted by molar-refractivity contribution is 5.95. The first-order valence-electron chi connectivity index (χ1n) is 9.12. The molecule has 1 aliphatic heterocycles. The van der Waals surface area contributed by atoms with E-state index in [1.807, 2.05) is 25.1 Å². The minimum Gasteiger partial charge on any atom is -0.346 e. The molecule has 5 nitrogen and oxygen atoms in total. The van der Waals surface area contributed by atoms with Crippen molar-refractivity contribution in [1.82, 2.24) is 10.2 Å². The van der Waals surface area contributed by atoms with Crippen LogP contribution in [0.1, 0.15) is 23.6 Å². The maximum atomic E-state index is 13.1. The van der Waals surface area contributed by atoms with E-state index in [4.69, 9.17) is 0 Å². The molecule has 3 rings (SSSR count). The van der Waals surface area contributed by atoms with E-state index in [1.165, 1.54) is 29.3 Å². The second-order valence-corrected chi connectivity index (χ2v) is 6.78. The van der Waals surface area contributed by atoms with Gasteiger partial charge in [-0.15, -0.1) is 0 Å². The largest absolute Gasteiger partial charge is 0.346 e. The van der Waals surface area contributed by atoms with Crippen molar-refractivity contribution >= 4 is 17.5 Å². The summed E-state index contributed by atoms with van der Waals surface area (Å²) in [6.07, 6.45) is 0.633. The Balaban J connectivity index is 1.59. The van der Waals surface area contributed by atoms with Crippen LogP contribution >= 0.6 is 0 Å². The third kappa shape index (κ3) is 4.52. The van der Waals surface area contributed by atoms with Gasteiger partial charge in [0.05, 0.1) is 12.6 Å². The van der Waals surface area contributed by atoms with Crippen molar-refractivity contribution in [2.75, 3.05) is 18.4 Å². The number of benzene rings is 2. The smallest absolute Gasteiger partial charge is 0.243 e. The van der Waals surface area contributed by atoms with Gasteiger partial charge < -0.3 is 10.6 Å². The molecule has 142 valence electrons. The minimum atomic E-state index is -0.351. The third-order valence-corrected chi connectivity index (χ3v) is 4.94. The van der Waals surface area contributed by atoms with Crippen molar-refractivity contribution in [3.05, 3.63) is 65.0 Å². The topological polar surface area (TPSA) is 61.4 Å². The quantitative estimate of drug-likeness (QED) is 0.852. The number of halogens is 1. The normalized spacial score (nSPS) is 16.5. The predicted octanol–water partition coefficient (Wildman–Crippen LogP) is 2.64. The number of hydrogen-bond donors (Lipinski definition) is 2. The third-order valence-electron chi connectivity index (χ3n) is 4.94. The molecule has 2 N–H and O–H groups in total. The van der Waals surface area contributed by atoms with E-state index in [9.17, 15) is 14.0 Å². The fourth-order valence-electron chi connectivity index (χ4n) is 3.41. The van der Waals surface area contributed by atoms with Crippen LogP contribution in [0.2, 0.25) is 0 Å². The van der Waals surface area contributed by atoms with Crippen molar-refractivity contribution in [3.8, 4) is 0 Å². The van der Waals surface area contributed by atoms with Gasteiger partial charge in [0.1, 0.15) is 5.82 Å². The maximum absolute atomic E-state index is 13.1. The number of likely N-dealkylation sites (N-methyl/N-ethyl adjacent to an activating group) is 1. The van der Waals surface area contributed by atoms with Crippen molar-refractivity contribution in [2.24, 2.45) is 0 Å². The number of hydrogen-bond acceptors (Lipinski definition) is 3. The number of rotatable bonds is 5. The lowest BCUT2D eigenvalue weighted by atomic mass is 9.93. The van der Waals surface area contributed by atoms with E-state index in [-0.39, 0.29) is 30.2 Å². The second kappa shape index (κ2) is 8.31. The molecule has 0 bridgehead atoms. The first kappa shape index (κ1) is 19.0. The number of amides is 2. The molecule has 0 aliphatic carbocycles. The van der Waals surface area contributed by atoms with Crippen LogP contribution in [0.15, 0.2) is 42.5 Å². The van der Waals surface area contributed by atoms with Gasteiger partial charge in [0.15, 0.2) is 0 Å². The Hall–Kier alpha value is -2.73. The lowest BCUT2D eigenvalue weighted by Crippen LogP contribution is -2.51. The SMILES string of the molecule is CCN1Cc2ccccc2CC1C(=O)NCC(=O)Nc1ccc(F)cc1C. The van der Waals surface area contributed by atoms with E-state index >= 15 is 0 Å². The molecule has 6 heteroatoms. The Morgan fingerprint density at radius 1 is 1.19 bits per heavy atom. The summed E-state index contributed by atoms with van der Waals surface area (Å²) in [7, 11) is 0. The van der Waals surface area contributed by atoms with Crippen LogP contribution in [0, 0.1) is 12.7 Å². The Morgan fingerprint density at radius 3 is 2.63 bits per heavy atom. The van der Waals surface area contributed by atoms with Gasteiger partial charge in [-0.25, -0.2) is 4.39 Å². The summed E-state index contributed by atoms with van der Waals surface area (Å²) in [6.45, 7) is 5.11. The van der Waals surface area contributed by atoms with Crippen LogP contribution in [-0.4, -0.2) is 35.8 Å². The molecule has 1 atom stereocenters. The Kier molecular flexibility index (Phi) is 5.86. The number of nitrogens with one attached hydrogen (secondary N) is 2. The average molecular weight is 369 g/mol. The summed E-state index contributed by atoms with van der Waals surface area (Å²) in [5.41, 5.74) is 3.59. The number of fused-ring (bicyclic) bond motifs is 1. The number of carbonyl (C=O) groups is 2. The zero-order chi connectivity index (χ0) is 19.4. The van der Waals surface area contributed by atoms with Gasteiger partial charge in [0, 0.05) is 12.2 Å². The maximum Gasteiger partial charge on any atom is 0.243 e. The van der Waals surface area contributed by atoms with E-state index in [1.54, 1.807) is 6.92 Å². The van der Waals surface area contributed by atoms with Crippen LogP contribution in [0.25, 0.3) is 0 Å². The molecule has 0 radical (unpaired) electrons. The molecule has 1 heterocycles. The van der Waals surface area contributed by atoms with Crippen LogP contribution in [-0.2, 0) is 22.6 Å². The van der Waals surface area contributed by atoms with Crippen molar-refractivity contribution in [3.63, 3.8) is 0 Å². The molecule has 0 fully saturated rings. The Morgan fingerprint density at radius 2 is 1.93 bits per heavy atom. The van der Waals surface area contributed by atoms with Gasteiger partial charge in [-0.05, 0) is 54.8 Å². The van der Waals surface area contributed by atoms with Gasteiger partial charge in [0.2, 0.25) is 11.8 Å². The predicted molar refractivity (Wildman–Crippen MR) is 103 cm³/mol. The van der Waals surface area contributed by atoms with Crippen LogP contribution in [0.5, 0.6) is 0 Å². The van der Waals surface area contributed by atoms with Crippen molar-refractivity contribution < 1.29 is 14.0 Å². The Labute approximate surface area is 158 Å². The Bertz CT molecular complexity index is 853. The molecule has 2 amide bonds. The summed E-state index contributed by atoms with van der Waals surface area (Å²) in [5, 5.41) is 5.43. The fourth-order valence-corrected chi connectivity index (χ4v) is 3.41. The molecule has 2 aromatic carbocycles. The van der Waals surface area contributed by atoms with Crippen LogP contribution in [0.3, 0.4) is 0 Å². The van der Waals surface area contributed by atoms with E-state index in [0.29, 0.717) is 17.7 Å². The lowest BCUT2D eigenvalue weighted by molar-refractivity contribution is -0.129. The summed E-state index contributed by atoms with van der Waals surface area (Å²) in [6, 6.07) is 12.0. The molecule has 1 unspecified atom stereocenters. The minimum absolute atomic E-state index is 0.120. The molecule has 0 aromatic heterocycles. The molecule has 27 heavy (non-hydrogen) atoms. The van der Waals surface area contributed by atoms with E-state index < -0.39 is 0 Å². The van der Waals surface area contributed by atoms with Gasteiger partial charge in [-0.1, -0.05) is 31.2 Å². The first-order valence-corrected chi connectivity index (χ1v) is 9.12. The molecular weight excluding hydrogens is 345 g/mol. The first-order chi connectivity index (χ1) is 13.0. The number of aryl methyl sites for hydroxylation is 1. The highest BCUT2D eigenvalue weighted by Crippen LogP contribution is 2.23. The van der Waals surface area contributed by atoms with Crippen LogP contribution < -0.4 is 10.6 Å². The molecule has 0 saturated heterocycles. The summed E-state index contributed by atoms with van der Waals surface area (Å²) >= 11 is 0. The highest BCUT2D eigenvalue weighted by atomic mass is 19.1. The number of anilines is 1. The van der Waals surface area contributed by atoms with Crippen LogP contribution in [0.4, 0.5) is 10.1 Å². The zero-order valence-corrected chi connectivity index (χ0v) is 15.6. The molecular formula is C21H24FN3O2. The van der Waals surface area contributed by atoms with Gasteiger partial charge >= 0.3 is 0 Å². The monoisotopic (exact) mass is 369 g/mol. The van der Waals surface area contributed by atoms with E-state index in [2.05, 4.69) is 21.6 Å². The molecule has 1 aliphatic rings. The van der Waals surface area contributed by atoms with Crippen molar-refractivity contribution in [1.29, 1.82) is 0 Å². The number of nitrogens with zero attached hydrogens (tertiary/aromatic N) is 1. The zero-order valence-electron chi connectivity index (χ0n) is 15.6. The standard InChI is InChI=1S/C21H24FN3O2/c1-3-25-13-16-7-5-4-6-15(16)11-19(25)21(27)23-12-20(26)24-18-9-8-17(22)10-14(18)2/h4-10,19H,3,11-13H2,1-2H3,(H,23,27)(H,24,26). The number of carbonyl (C=O) groups excluding carboxylic acids is 2. The summed E-state index contributed by atoms with van der Waals surface area (Å²) < 4.78 is 13.1.